The van der Waals surface area contributed by atoms with E-state index in [2.05, 4.69) is 25.5 Å². The monoisotopic (exact) mass is 139 g/mol. The molecule has 0 amide bonds. The predicted octanol–water partition coefficient (Wildman–Crippen LogP) is 1.76. The van der Waals surface area contributed by atoms with Gasteiger partial charge in [0.1, 0.15) is 0 Å². The third kappa shape index (κ3) is 1.60. The van der Waals surface area contributed by atoms with Gasteiger partial charge in [0, 0.05) is 13.1 Å². The molecule has 10 heavy (non-hydrogen) atoms. The molecule has 1 saturated heterocycles. The van der Waals surface area contributed by atoms with Gasteiger partial charge in [-0.25, -0.2) is 0 Å². The van der Waals surface area contributed by atoms with E-state index in [1.165, 1.54) is 19.5 Å². The molecule has 0 radical (unpaired) electrons. The summed E-state index contributed by atoms with van der Waals surface area (Å²) in [6.45, 7) is 8.62. The summed E-state index contributed by atoms with van der Waals surface area (Å²) in [6, 6.07) is 0. The number of rotatable bonds is 2. The molecule has 1 rings (SSSR count). The maximum atomic E-state index is 3.77. The van der Waals surface area contributed by atoms with E-state index in [0.29, 0.717) is 0 Å². The van der Waals surface area contributed by atoms with E-state index in [0.717, 1.165) is 11.8 Å². The fourth-order valence-electron chi connectivity index (χ4n) is 1.82. The quantitative estimate of drug-likeness (QED) is 0.527. The molecule has 0 spiro atoms. The Bertz CT molecular complexity index is 120. The third-order valence-corrected chi connectivity index (χ3v) is 2.42. The Morgan fingerprint density at radius 1 is 1.60 bits per heavy atom. The molecule has 0 aromatic carbocycles. The van der Waals surface area contributed by atoms with Crippen LogP contribution in [0.1, 0.15) is 13.3 Å². The number of hydrogen-bond donors (Lipinski definition) is 0. The van der Waals surface area contributed by atoms with Crippen LogP contribution in [0.25, 0.3) is 0 Å². The van der Waals surface area contributed by atoms with Crippen LogP contribution in [0.2, 0.25) is 0 Å². The van der Waals surface area contributed by atoms with Gasteiger partial charge in [-0.2, -0.15) is 0 Å². The van der Waals surface area contributed by atoms with Crippen LogP contribution in [0.15, 0.2) is 12.7 Å². The highest BCUT2D eigenvalue weighted by Gasteiger charge is 2.25. The van der Waals surface area contributed by atoms with Gasteiger partial charge in [0.2, 0.25) is 0 Å². The fourth-order valence-corrected chi connectivity index (χ4v) is 1.82. The lowest BCUT2D eigenvalue weighted by Crippen LogP contribution is -2.13. The Morgan fingerprint density at radius 3 is 2.70 bits per heavy atom. The zero-order chi connectivity index (χ0) is 7.56. The smallest absolute Gasteiger partial charge is 0.00127 e. The topological polar surface area (TPSA) is 3.24 Å². The Hall–Kier alpha value is -0.300. The molecule has 1 nitrogen and oxygen atoms in total. The minimum absolute atomic E-state index is 0.863. The Morgan fingerprint density at radius 2 is 2.30 bits per heavy atom. The Labute approximate surface area is 63.7 Å². The predicted molar refractivity (Wildman–Crippen MR) is 45.0 cm³/mol. The molecule has 1 aliphatic heterocycles. The van der Waals surface area contributed by atoms with Crippen molar-refractivity contribution >= 4 is 0 Å². The van der Waals surface area contributed by atoms with Crippen LogP contribution in [0, 0.1) is 11.8 Å². The highest BCUT2D eigenvalue weighted by atomic mass is 15.1. The molecule has 1 heteroatoms. The second-order valence-electron chi connectivity index (χ2n) is 3.48. The van der Waals surface area contributed by atoms with Gasteiger partial charge in [-0.05, 0) is 25.3 Å². The molecule has 0 saturated carbocycles. The SMILES string of the molecule is C=CC[C@H]1CN(C)C[C@H]1C. The van der Waals surface area contributed by atoms with Crippen LogP contribution >= 0.6 is 0 Å². The van der Waals surface area contributed by atoms with Crippen LogP contribution in [-0.4, -0.2) is 25.0 Å². The molecule has 0 N–H and O–H groups in total. The molecular formula is C9H17N. The molecule has 1 fully saturated rings. The normalized spacial score (nSPS) is 34.6. The van der Waals surface area contributed by atoms with Gasteiger partial charge in [0.25, 0.3) is 0 Å². The molecular weight excluding hydrogens is 122 g/mol. The van der Waals surface area contributed by atoms with Gasteiger partial charge >= 0.3 is 0 Å². The summed E-state index contributed by atoms with van der Waals surface area (Å²) in [4.78, 5) is 2.40. The van der Waals surface area contributed by atoms with E-state index in [-0.39, 0.29) is 0 Å². The van der Waals surface area contributed by atoms with Crippen molar-refractivity contribution in [3.63, 3.8) is 0 Å². The minimum Gasteiger partial charge on any atom is -0.306 e. The molecule has 0 bridgehead atoms. The van der Waals surface area contributed by atoms with Crippen molar-refractivity contribution in [1.29, 1.82) is 0 Å². The molecule has 2 atom stereocenters. The van der Waals surface area contributed by atoms with E-state index in [1.807, 2.05) is 6.08 Å². The first-order valence-corrected chi connectivity index (χ1v) is 4.03. The summed E-state index contributed by atoms with van der Waals surface area (Å²) >= 11 is 0. The highest BCUT2D eigenvalue weighted by Crippen LogP contribution is 2.24. The standard InChI is InChI=1S/C9H17N/c1-4-5-9-7-10(3)6-8(9)2/h4,8-9H,1,5-7H2,2-3H3/t8-,9+/m1/s1. The first-order valence-electron chi connectivity index (χ1n) is 4.03. The van der Waals surface area contributed by atoms with E-state index >= 15 is 0 Å². The summed E-state index contributed by atoms with van der Waals surface area (Å²) in [5.41, 5.74) is 0. The minimum atomic E-state index is 0.863. The van der Waals surface area contributed by atoms with Crippen LogP contribution in [0.3, 0.4) is 0 Å². The van der Waals surface area contributed by atoms with Crippen molar-refractivity contribution in [2.75, 3.05) is 20.1 Å². The lowest BCUT2D eigenvalue weighted by atomic mass is 9.95. The fraction of sp³-hybridized carbons (Fsp3) is 0.778. The van der Waals surface area contributed by atoms with Crippen LogP contribution in [-0.2, 0) is 0 Å². The summed E-state index contributed by atoms with van der Waals surface area (Å²) < 4.78 is 0. The molecule has 0 aliphatic carbocycles. The van der Waals surface area contributed by atoms with Crippen molar-refractivity contribution < 1.29 is 0 Å². The van der Waals surface area contributed by atoms with Crippen molar-refractivity contribution in [1.82, 2.24) is 4.90 Å². The average Bonchev–Trinajstić information content (AvgIpc) is 2.13. The van der Waals surface area contributed by atoms with Gasteiger partial charge in [0.15, 0.2) is 0 Å². The molecule has 0 aromatic heterocycles. The maximum absolute atomic E-state index is 3.77. The summed E-state index contributed by atoms with van der Waals surface area (Å²) in [5, 5.41) is 0. The van der Waals surface area contributed by atoms with E-state index in [1.54, 1.807) is 0 Å². The Balaban J connectivity index is 2.38. The number of nitrogens with zero attached hydrogens (tertiary/aromatic N) is 1. The second-order valence-corrected chi connectivity index (χ2v) is 3.48. The van der Waals surface area contributed by atoms with Gasteiger partial charge in [0.05, 0.1) is 0 Å². The molecule has 1 heterocycles. The second kappa shape index (κ2) is 3.20. The lowest BCUT2D eigenvalue weighted by molar-refractivity contribution is 0.395. The number of allylic oxidation sites excluding steroid dienone is 1. The largest absolute Gasteiger partial charge is 0.306 e. The number of likely N-dealkylation sites (tertiary alicyclic amines) is 1. The maximum Gasteiger partial charge on any atom is 0.00127 e. The zero-order valence-electron chi connectivity index (χ0n) is 7.01. The van der Waals surface area contributed by atoms with Crippen molar-refractivity contribution in [2.45, 2.75) is 13.3 Å². The van der Waals surface area contributed by atoms with Gasteiger partial charge in [-0.3, -0.25) is 0 Å². The van der Waals surface area contributed by atoms with Gasteiger partial charge in [-0.15, -0.1) is 6.58 Å². The lowest BCUT2D eigenvalue weighted by Gasteiger charge is -2.09. The van der Waals surface area contributed by atoms with Crippen molar-refractivity contribution in [2.24, 2.45) is 11.8 Å². The number of hydrogen-bond acceptors (Lipinski definition) is 1. The first kappa shape index (κ1) is 7.80. The molecule has 1 aliphatic rings. The van der Waals surface area contributed by atoms with E-state index in [9.17, 15) is 0 Å². The van der Waals surface area contributed by atoms with E-state index < -0.39 is 0 Å². The van der Waals surface area contributed by atoms with Crippen LogP contribution in [0.4, 0.5) is 0 Å². The van der Waals surface area contributed by atoms with Gasteiger partial charge < -0.3 is 4.90 Å². The summed E-state index contributed by atoms with van der Waals surface area (Å²) in [5.74, 6) is 1.73. The van der Waals surface area contributed by atoms with Gasteiger partial charge in [-0.1, -0.05) is 13.0 Å². The third-order valence-electron chi connectivity index (χ3n) is 2.42. The van der Waals surface area contributed by atoms with Crippen LogP contribution in [0.5, 0.6) is 0 Å². The molecule has 58 valence electrons. The van der Waals surface area contributed by atoms with E-state index in [4.69, 9.17) is 0 Å². The van der Waals surface area contributed by atoms with Crippen molar-refractivity contribution in [3.05, 3.63) is 12.7 Å². The zero-order valence-corrected chi connectivity index (χ0v) is 7.01. The summed E-state index contributed by atoms with van der Waals surface area (Å²) in [7, 11) is 2.19. The highest BCUT2D eigenvalue weighted by molar-refractivity contribution is 4.84. The van der Waals surface area contributed by atoms with Crippen molar-refractivity contribution in [3.8, 4) is 0 Å². The average molecular weight is 139 g/mol. The first-order chi connectivity index (χ1) is 4.74. The molecule has 0 unspecified atom stereocenters. The molecule has 0 aromatic rings. The van der Waals surface area contributed by atoms with Crippen LogP contribution < -0.4 is 0 Å². The Kier molecular flexibility index (Phi) is 2.50. The summed E-state index contributed by atoms with van der Waals surface area (Å²) in [6.07, 6.45) is 3.23.